The van der Waals surface area contributed by atoms with Gasteiger partial charge < -0.3 is 14.8 Å². The predicted octanol–water partition coefficient (Wildman–Crippen LogP) is 4.98. The van der Waals surface area contributed by atoms with Gasteiger partial charge in [-0.15, -0.1) is 0 Å². The molecule has 1 heterocycles. The summed E-state index contributed by atoms with van der Waals surface area (Å²) in [7, 11) is 1.58. The topological polar surface area (TPSA) is 74.1 Å². The van der Waals surface area contributed by atoms with Crippen LogP contribution >= 0.6 is 23.2 Å². The van der Waals surface area contributed by atoms with Crippen LogP contribution in [0.2, 0.25) is 10.0 Å². The summed E-state index contributed by atoms with van der Waals surface area (Å²) in [5, 5.41) is 16.1. The van der Waals surface area contributed by atoms with E-state index in [0.29, 0.717) is 40.6 Å². The molecular weight excluding hydrogens is 413 g/mol. The van der Waals surface area contributed by atoms with Crippen LogP contribution in [0.15, 0.2) is 36.4 Å². The van der Waals surface area contributed by atoms with Crippen LogP contribution in [0.1, 0.15) is 30.9 Å². The van der Waals surface area contributed by atoms with Gasteiger partial charge >= 0.3 is 0 Å². The van der Waals surface area contributed by atoms with E-state index in [2.05, 4.69) is 27.8 Å². The van der Waals surface area contributed by atoms with Crippen LogP contribution in [0.4, 0.5) is 5.95 Å². The molecule has 0 spiro atoms. The number of benzene rings is 2. The summed E-state index contributed by atoms with van der Waals surface area (Å²) in [6, 6.07) is 11.2. The van der Waals surface area contributed by atoms with E-state index in [4.69, 9.17) is 32.7 Å². The molecule has 29 heavy (non-hydrogen) atoms. The number of methoxy groups -OCH3 is 1. The molecule has 9 heteroatoms. The molecule has 154 valence electrons. The molecule has 0 aliphatic carbocycles. The first-order valence-electron chi connectivity index (χ1n) is 9.35. The molecule has 2 aromatic carbocycles. The maximum absolute atomic E-state index is 6.47. The van der Waals surface area contributed by atoms with Gasteiger partial charge in [0.05, 0.1) is 12.1 Å². The minimum Gasteiger partial charge on any atom is -0.493 e. The summed E-state index contributed by atoms with van der Waals surface area (Å²) in [6.45, 7) is 3.68. The van der Waals surface area contributed by atoms with Crippen molar-refractivity contribution in [2.24, 2.45) is 0 Å². The van der Waals surface area contributed by atoms with Gasteiger partial charge in [0.1, 0.15) is 6.61 Å². The molecule has 0 fully saturated rings. The first-order valence-corrected chi connectivity index (χ1v) is 10.1. The van der Waals surface area contributed by atoms with E-state index in [1.54, 1.807) is 11.8 Å². The zero-order chi connectivity index (χ0) is 20.6. The van der Waals surface area contributed by atoms with E-state index in [0.717, 1.165) is 30.5 Å². The molecule has 3 rings (SSSR count). The molecule has 0 aliphatic heterocycles. The Labute approximate surface area is 179 Å². The number of unbranched alkanes of at least 4 members (excludes halogenated alkanes) is 1. The number of ether oxygens (including phenoxy) is 2. The van der Waals surface area contributed by atoms with Gasteiger partial charge in [-0.1, -0.05) is 59.8 Å². The highest BCUT2D eigenvalue weighted by molar-refractivity contribution is 6.32. The summed E-state index contributed by atoms with van der Waals surface area (Å²) < 4.78 is 13.1. The van der Waals surface area contributed by atoms with Crippen molar-refractivity contribution in [3.63, 3.8) is 0 Å². The summed E-state index contributed by atoms with van der Waals surface area (Å²) in [5.74, 6) is 1.64. The fourth-order valence-electron chi connectivity index (χ4n) is 2.75. The number of aryl methyl sites for hydroxylation is 1. The van der Waals surface area contributed by atoms with Crippen molar-refractivity contribution in [1.29, 1.82) is 0 Å². The Bertz CT molecular complexity index is 948. The molecule has 3 aromatic rings. The van der Waals surface area contributed by atoms with Crippen molar-refractivity contribution in [3.05, 3.63) is 57.6 Å². The third kappa shape index (κ3) is 5.52. The molecule has 0 radical (unpaired) electrons. The molecular formula is C20H23Cl2N5O2. The van der Waals surface area contributed by atoms with Crippen LogP contribution in [-0.2, 0) is 19.7 Å². The standard InChI is InChI=1S/C20H23Cl2N5O2/c1-3-4-9-27-20(24-25-26-27)23-12-14-10-17(22)19(18(11-14)28-2)29-13-15-7-5-6-8-16(15)21/h5-8,10-11H,3-4,9,12-13H2,1-2H3,(H,23,24,26). The number of rotatable bonds is 10. The van der Waals surface area contributed by atoms with Crippen LogP contribution in [0.25, 0.3) is 0 Å². The first-order chi connectivity index (χ1) is 14.1. The molecule has 0 saturated carbocycles. The summed E-state index contributed by atoms with van der Waals surface area (Å²) in [6.07, 6.45) is 2.08. The van der Waals surface area contributed by atoms with Crippen molar-refractivity contribution in [2.45, 2.75) is 39.5 Å². The number of nitrogens with one attached hydrogen (secondary N) is 1. The number of hydrogen-bond acceptors (Lipinski definition) is 6. The SMILES string of the molecule is CCCCn1nnnc1NCc1cc(Cl)c(OCc2ccccc2Cl)c(OC)c1. The second-order valence-corrected chi connectivity index (χ2v) is 7.24. The Morgan fingerprint density at radius 2 is 1.97 bits per heavy atom. The second-order valence-electron chi connectivity index (χ2n) is 6.42. The number of halogens is 2. The maximum atomic E-state index is 6.47. The monoisotopic (exact) mass is 435 g/mol. The van der Waals surface area contributed by atoms with E-state index in [1.165, 1.54) is 0 Å². The van der Waals surface area contributed by atoms with Crippen molar-refractivity contribution >= 4 is 29.2 Å². The fourth-order valence-corrected chi connectivity index (χ4v) is 3.23. The lowest BCUT2D eigenvalue weighted by Crippen LogP contribution is -2.09. The smallest absolute Gasteiger partial charge is 0.243 e. The molecule has 1 aromatic heterocycles. The first kappa shape index (κ1) is 21.2. The Hall–Kier alpha value is -2.51. The average Bonchev–Trinajstić information content (AvgIpc) is 3.18. The zero-order valence-electron chi connectivity index (χ0n) is 16.4. The van der Waals surface area contributed by atoms with E-state index >= 15 is 0 Å². The molecule has 0 atom stereocenters. The normalized spacial score (nSPS) is 10.8. The minimum atomic E-state index is 0.291. The van der Waals surface area contributed by atoms with Crippen LogP contribution in [0.5, 0.6) is 11.5 Å². The minimum absolute atomic E-state index is 0.291. The predicted molar refractivity (Wildman–Crippen MR) is 114 cm³/mol. The van der Waals surface area contributed by atoms with Crippen molar-refractivity contribution in [3.8, 4) is 11.5 Å². The van der Waals surface area contributed by atoms with Crippen LogP contribution < -0.4 is 14.8 Å². The van der Waals surface area contributed by atoms with Gasteiger partial charge in [-0.2, -0.15) is 0 Å². The van der Waals surface area contributed by atoms with Gasteiger partial charge in [-0.3, -0.25) is 0 Å². The summed E-state index contributed by atoms with van der Waals surface area (Å²) >= 11 is 12.7. The van der Waals surface area contributed by atoms with Gasteiger partial charge in [0.15, 0.2) is 11.5 Å². The van der Waals surface area contributed by atoms with E-state index in [-0.39, 0.29) is 0 Å². The Morgan fingerprint density at radius 1 is 1.14 bits per heavy atom. The highest BCUT2D eigenvalue weighted by Crippen LogP contribution is 2.37. The Morgan fingerprint density at radius 3 is 2.72 bits per heavy atom. The van der Waals surface area contributed by atoms with Crippen molar-refractivity contribution < 1.29 is 9.47 Å². The summed E-state index contributed by atoms with van der Waals surface area (Å²) in [4.78, 5) is 0. The van der Waals surface area contributed by atoms with Crippen LogP contribution in [0.3, 0.4) is 0 Å². The largest absolute Gasteiger partial charge is 0.493 e. The van der Waals surface area contributed by atoms with Crippen LogP contribution in [0, 0.1) is 0 Å². The molecule has 0 aliphatic rings. The number of tetrazole rings is 1. The molecule has 7 nitrogen and oxygen atoms in total. The third-order valence-corrected chi connectivity index (χ3v) is 4.97. The third-order valence-electron chi connectivity index (χ3n) is 4.33. The zero-order valence-corrected chi connectivity index (χ0v) is 17.9. The number of hydrogen-bond donors (Lipinski definition) is 1. The highest BCUT2D eigenvalue weighted by Gasteiger charge is 2.14. The highest BCUT2D eigenvalue weighted by atomic mass is 35.5. The quantitative estimate of drug-likeness (QED) is 0.483. The lowest BCUT2D eigenvalue weighted by atomic mass is 10.2. The van der Waals surface area contributed by atoms with Gasteiger partial charge in [-0.25, -0.2) is 4.68 Å². The number of nitrogens with zero attached hydrogens (tertiary/aromatic N) is 4. The summed E-state index contributed by atoms with van der Waals surface area (Å²) in [5.41, 5.74) is 1.79. The average molecular weight is 436 g/mol. The van der Waals surface area contributed by atoms with Crippen molar-refractivity contribution in [1.82, 2.24) is 20.2 Å². The lowest BCUT2D eigenvalue weighted by molar-refractivity contribution is 0.284. The van der Waals surface area contributed by atoms with E-state index in [9.17, 15) is 0 Å². The molecule has 0 amide bonds. The van der Waals surface area contributed by atoms with Crippen molar-refractivity contribution in [2.75, 3.05) is 12.4 Å². The maximum Gasteiger partial charge on any atom is 0.243 e. The number of aromatic nitrogens is 4. The Kier molecular flexibility index (Phi) is 7.55. The van der Waals surface area contributed by atoms with Gasteiger partial charge in [0.2, 0.25) is 5.95 Å². The second kappa shape index (κ2) is 10.3. The molecule has 0 saturated heterocycles. The molecule has 0 bridgehead atoms. The van der Waals surface area contributed by atoms with E-state index < -0.39 is 0 Å². The van der Waals surface area contributed by atoms with E-state index in [1.807, 2.05) is 36.4 Å². The van der Waals surface area contributed by atoms with Gasteiger partial charge in [0.25, 0.3) is 0 Å². The van der Waals surface area contributed by atoms with Gasteiger partial charge in [-0.05, 0) is 40.6 Å². The molecule has 1 N–H and O–H groups in total. The van der Waals surface area contributed by atoms with Crippen LogP contribution in [-0.4, -0.2) is 27.3 Å². The number of anilines is 1. The lowest BCUT2D eigenvalue weighted by Gasteiger charge is -2.15. The Balaban J connectivity index is 1.70. The molecule has 0 unspecified atom stereocenters. The van der Waals surface area contributed by atoms with Gasteiger partial charge in [0, 0.05) is 23.7 Å². The fraction of sp³-hybridized carbons (Fsp3) is 0.350.